The zero-order chi connectivity index (χ0) is 15.0. The summed E-state index contributed by atoms with van der Waals surface area (Å²) in [5.74, 6) is 0.744. The number of nitrogen functional groups attached to an aromatic ring is 1. The van der Waals surface area contributed by atoms with E-state index in [1.54, 1.807) is 0 Å². The molecule has 0 amide bonds. The molecular formula is C15H21N5O. The van der Waals surface area contributed by atoms with Gasteiger partial charge in [0, 0.05) is 17.9 Å². The molecule has 1 aliphatic heterocycles. The average Bonchev–Trinajstić information content (AvgIpc) is 2.86. The lowest BCUT2D eigenvalue weighted by Crippen LogP contribution is -2.35. The first kappa shape index (κ1) is 14.0. The van der Waals surface area contributed by atoms with E-state index in [4.69, 9.17) is 10.5 Å². The number of aryl methyl sites for hydroxylation is 1. The fraction of sp³-hybridized carbons (Fsp3) is 0.533. The van der Waals surface area contributed by atoms with Gasteiger partial charge in [0.1, 0.15) is 0 Å². The summed E-state index contributed by atoms with van der Waals surface area (Å²) in [6, 6.07) is 6.09. The molecule has 1 aromatic heterocycles. The van der Waals surface area contributed by atoms with Crippen molar-refractivity contribution in [1.29, 1.82) is 0 Å². The molecule has 112 valence electrons. The highest BCUT2D eigenvalue weighted by Gasteiger charge is 2.32. The Morgan fingerprint density at radius 2 is 2.19 bits per heavy atom. The van der Waals surface area contributed by atoms with Gasteiger partial charge < -0.3 is 10.5 Å². The van der Waals surface area contributed by atoms with Crippen LogP contribution in [0.4, 0.5) is 5.69 Å². The van der Waals surface area contributed by atoms with Crippen molar-refractivity contribution in [2.75, 3.05) is 12.3 Å². The molecule has 1 saturated heterocycles. The van der Waals surface area contributed by atoms with Gasteiger partial charge in [0.25, 0.3) is 0 Å². The molecule has 6 heteroatoms. The highest BCUT2D eigenvalue weighted by Crippen LogP contribution is 2.35. The number of nitrogens with zero attached hydrogens (tertiary/aromatic N) is 4. The number of anilines is 1. The Kier molecular flexibility index (Phi) is 3.41. The fourth-order valence-electron chi connectivity index (χ4n) is 3.01. The first-order chi connectivity index (χ1) is 9.98. The first-order valence-electron chi connectivity index (χ1n) is 7.25. The number of benzene rings is 1. The second-order valence-corrected chi connectivity index (χ2v) is 6.24. The van der Waals surface area contributed by atoms with Crippen molar-refractivity contribution >= 4 is 5.69 Å². The summed E-state index contributed by atoms with van der Waals surface area (Å²) >= 11 is 0. The summed E-state index contributed by atoms with van der Waals surface area (Å²) in [5.41, 5.74) is 8.69. The van der Waals surface area contributed by atoms with Crippen molar-refractivity contribution < 1.29 is 4.74 Å². The maximum Gasteiger partial charge on any atom is 0.184 e. The first-order valence-corrected chi connectivity index (χ1v) is 7.25. The minimum Gasteiger partial charge on any atom is -0.398 e. The van der Waals surface area contributed by atoms with E-state index < -0.39 is 0 Å². The van der Waals surface area contributed by atoms with Gasteiger partial charge in [-0.15, -0.1) is 5.10 Å². The second-order valence-electron chi connectivity index (χ2n) is 6.24. The van der Waals surface area contributed by atoms with Crippen molar-refractivity contribution in [2.45, 2.75) is 45.3 Å². The van der Waals surface area contributed by atoms with Crippen LogP contribution in [0.1, 0.15) is 38.3 Å². The Labute approximate surface area is 124 Å². The lowest BCUT2D eigenvalue weighted by atomic mass is 9.93. The van der Waals surface area contributed by atoms with Gasteiger partial charge in [0.2, 0.25) is 0 Å². The predicted molar refractivity (Wildman–Crippen MR) is 80.7 cm³/mol. The number of hydrogen-bond acceptors (Lipinski definition) is 5. The largest absolute Gasteiger partial charge is 0.398 e. The van der Waals surface area contributed by atoms with Gasteiger partial charge in [0.05, 0.1) is 11.6 Å². The Bertz CT molecular complexity index is 629. The number of hydrogen-bond donors (Lipinski definition) is 1. The topological polar surface area (TPSA) is 78.9 Å². The summed E-state index contributed by atoms with van der Waals surface area (Å²) in [6.45, 7) is 6.95. The molecule has 1 aliphatic rings. The van der Waals surface area contributed by atoms with Crippen LogP contribution in [-0.2, 0) is 4.74 Å². The van der Waals surface area contributed by atoms with E-state index in [0.29, 0.717) is 5.69 Å². The number of rotatable bonds is 2. The minimum absolute atomic E-state index is 0.149. The zero-order valence-corrected chi connectivity index (χ0v) is 12.7. The molecule has 1 atom stereocenters. The van der Waals surface area contributed by atoms with Gasteiger partial charge in [-0.05, 0) is 55.7 Å². The molecule has 0 saturated carbocycles. The van der Waals surface area contributed by atoms with Crippen molar-refractivity contribution in [1.82, 2.24) is 20.2 Å². The average molecular weight is 287 g/mol. The number of ether oxygens (including phenoxy) is 1. The Balaban J connectivity index is 2.02. The van der Waals surface area contributed by atoms with Crippen LogP contribution in [-0.4, -0.2) is 32.4 Å². The van der Waals surface area contributed by atoms with Crippen molar-refractivity contribution in [2.24, 2.45) is 0 Å². The van der Waals surface area contributed by atoms with Crippen LogP contribution >= 0.6 is 0 Å². The molecule has 21 heavy (non-hydrogen) atoms. The number of aromatic nitrogens is 4. The van der Waals surface area contributed by atoms with Crippen molar-refractivity contribution in [3.05, 3.63) is 23.8 Å². The molecular weight excluding hydrogens is 266 g/mol. The molecule has 2 heterocycles. The van der Waals surface area contributed by atoms with E-state index in [2.05, 4.69) is 29.4 Å². The molecule has 0 spiro atoms. The summed E-state index contributed by atoms with van der Waals surface area (Å²) in [5, 5.41) is 12.3. The third kappa shape index (κ3) is 2.63. The maximum absolute atomic E-state index is 6.13. The van der Waals surface area contributed by atoms with E-state index in [0.717, 1.165) is 36.4 Å². The molecule has 1 aromatic carbocycles. The molecule has 0 aliphatic carbocycles. The van der Waals surface area contributed by atoms with Crippen LogP contribution in [0.5, 0.6) is 0 Å². The molecule has 1 unspecified atom stereocenters. The maximum atomic E-state index is 6.13. The van der Waals surface area contributed by atoms with Crippen molar-refractivity contribution in [3.63, 3.8) is 0 Å². The van der Waals surface area contributed by atoms with Gasteiger partial charge in [-0.3, -0.25) is 0 Å². The molecule has 2 aromatic rings. The van der Waals surface area contributed by atoms with E-state index >= 15 is 0 Å². The summed E-state index contributed by atoms with van der Waals surface area (Å²) in [6.07, 6.45) is 1.80. The number of tetrazole rings is 1. The third-order valence-corrected chi connectivity index (χ3v) is 4.04. The lowest BCUT2D eigenvalue weighted by Gasteiger charge is -2.35. The Hall–Kier alpha value is -1.95. The standard InChI is InChI=1S/C15H21N5O/c1-10-5-4-6-12(16)13(10)14-17-18-19-20(14)11-7-8-21-15(2,3)9-11/h4-6,11H,7-9,16H2,1-3H3. The predicted octanol–water partition coefficient (Wildman–Crippen LogP) is 2.36. The van der Waals surface area contributed by atoms with Gasteiger partial charge in [-0.25, -0.2) is 4.68 Å². The van der Waals surface area contributed by atoms with Crippen LogP contribution in [0.15, 0.2) is 18.2 Å². The van der Waals surface area contributed by atoms with Crippen LogP contribution in [0.2, 0.25) is 0 Å². The smallest absolute Gasteiger partial charge is 0.184 e. The van der Waals surface area contributed by atoms with Crippen LogP contribution in [0, 0.1) is 6.92 Å². The van der Waals surface area contributed by atoms with Crippen LogP contribution in [0.3, 0.4) is 0 Å². The monoisotopic (exact) mass is 287 g/mol. The SMILES string of the molecule is Cc1cccc(N)c1-c1nnnn1C1CCOC(C)(C)C1. The third-order valence-electron chi connectivity index (χ3n) is 4.04. The normalized spacial score (nSPS) is 21.4. The Morgan fingerprint density at radius 1 is 1.38 bits per heavy atom. The summed E-state index contributed by atoms with van der Waals surface area (Å²) in [7, 11) is 0. The van der Waals surface area contributed by atoms with Gasteiger partial charge in [-0.2, -0.15) is 0 Å². The van der Waals surface area contributed by atoms with Crippen LogP contribution in [0.25, 0.3) is 11.4 Å². The molecule has 2 N–H and O–H groups in total. The van der Waals surface area contributed by atoms with Gasteiger partial charge in [-0.1, -0.05) is 12.1 Å². The highest BCUT2D eigenvalue weighted by molar-refractivity contribution is 5.74. The van der Waals surface area contributed by atoms with E-state index in [9.17, 15) is 0 Å². The summed E-state index contributed by atoms with van der Waals surface area (Å²) in [4.78, 5) is 0. The zero-order valence-electron chi connectivity index (χ0n) is 12.7. The van der Waals surface area contributed by atoms with E-state index in [-0.39, 0.29) is 11.6 Å². The molecule has 0 radical (unpaired) electrons. The molecule has 1 fully saturated rings. The van der Waals surface area contributed by atoms with E-state index in [1.165, 1.54) is 0 Å². The highest BCUT2D eigenvalue weighted by atomic mass is 16.5. The lowest BCUT2D eigenvalue weighted by molar-refractivity contribution is -0.0707. The van der Waals surface area contributed by atoms with Crippen LogP contribution < -0.4 is 5.73 Å². The quantitative estimate of drug-likeness (QED) is 0.858. The minimum atomic E-state index is -0.149. The molecule has 3 rings (SSSR count). The van der Waals surface area contributed by atoms with E-state index in [1.807, 2.05) is 29.8 Å². The molecule has 6 nitrogen and oxygen atoms in total. The van der Waals surface area contributed by atoms with Crippen molar-refractivity contribution in [3.8, 4) is 11.4 Å². The fourth-order valence-corrected chi connectivity index (χ4v) is 3.01. The van der Waals surface area contributed by atoms with Gasteiger partial charge in [0.15, 0.2) is 5.82 Å². The second kappa shape index (κ2) is 5.11. The molecule has 0 bridgehead atoms. The summed E-state index contributed by atoms with van der Waals surface area (Å²) < 4.78 is 7.69. The number of nitrogens with two attached hydrogens (primary N) is 1. The Morgan fingerprint density at radius 3 is 2.90 bits per heavy atom. The van der Waals surface area contributed by atoms with Gasteiger partial charge >= 0.3 is 0 Å².